The van der Waals surface area contributed by atoms with Crippen LogP contribution in [0.25, 0.3) is 0 Å². The molecule has 184 valence electrons. The summed E-state index contributed by atoms with van der Waals surface area (Å²) < 4.78 is 66.9. The van der Waals surface area contributed by atoms with Gasteiger partial charge in [-0.05, 0) is 37.9 Å². The van der Waals surface area contributed by atoms with Crippen molar-refractivity contribution >= 4 is 33.6 Å². The monoisotopic (exact) mass is 513 g/mol. The Kier molecular flexibility index (Phi) is 6.51. The Morgan fingerprint density at radius 3 is 2.45 bits per heavy atom. The molecule has 2 aliphatic heterocycles. The van der Waals surface area contributed by atoms with Crippen LogP contribution in [0.2, 0.25) is 0 Å². The van der Waals surface area contributed by atoms with Crippen molar-refractivity contribution in [3.05, 3.63) is 27.8 Å². The van der Waals surface area contributed by atoms with E-state index in [0.29, 0.717) is 12.8 Å². The smallest absolute Gasteiger partial charge is 0.365 e. The summed E-state index contributed by atoms with van der Waals surface area (Å²) in [6.07, 6.45) is -4.31. The third-order valence-corrected chi connectivity index (χ3v) is 7.44. The number of hydrogen-bond donors (Lipinski definition) is 3. The number of fused-ring (bicyclic) bond motifs is 1. The number of nitrogens with one attached hydrogen (secondary N) is 2. The van der Waals surface area contributed by atoms with E-state index in [2.05, 4.69) is 14.9 Å². The van der Waals surface area contributed by atoms with Crippen LogP contribution in [-0.4, -0.2) is 49.7 Å². The summed E-state index contributed by atoms with van der Waals surface area (Å²) in [5, 5.41) is 17.5. The Bertz CT molecular complexity index is 1070. The summed E-state index contributed by atoms with van der Waals surface area (Å²) >= 11 is 0.972. The van der Waals surface area contributed by atoms with E-state index < -0.39 is 49.4 Å². The van der Waals surface area contributed by atoms with Gasteiger partial charge < -0.3 is 15.1 Å². The van der Waals surface area contributed by atoms with Crippen molar-refractivity contribution in [2.75, 3.05) is 25.0 Å². The van der Waals surface area contributed by atoms with Crippen molar-refractivity contribution in [1.82, 2.24) is 9.62 Å². The molecule has 1 aromatic rings. The van der Waals surface area contributed by atoms with E-state index in [1.807, 2.05) is 0 Å². The largest absolute Gasteiger partial charge is 0.417 e. The Morgan fingerprint density at radius 1 is 1.33 bits per heavy atom. The first-order valence-corrected chi connectivity index (χ1v) is 12.0. The van der Waals surface area contributed by atoms with Gasteiger partial charge >= 0.3 is 6.18 Å². The van der Waals surface area contributed by atoms with Gasteiger partial charge in [0.05, 0.1) is 21.6 Å². The highest BCUT2D eigenvalue weighted by Crippen LogP contribution is 2.44. The van der Waals surface area contributed by atoms with Gasteiger partial charge in [0.1, 0.15) is 12.3 Å². The molecule has 1 spiro atoms. The third kappa shape index (κ3) is 5.44. The molecule has 0 radical (unpaired) electrons. The van der Waals surface area contributed by atoms with E-state index in [1.54, 1.807) is 0 Å². The lowest BCUT2D eigenvalue weighted by Gasteiger charge is -2.46. The Balaban J connectivity index is 1.78. The molecule has 0 bridgehead atoms. The second-order valence-electron chi connectivity index (χ2n) is 8.47. The number of likely N-dealkylation sites (tertiary alicyclic amines) is 1. The lowest BCUT2D eigenvalue weighted by Crippen LogP contribution is -2.59. The predicted octanol–water partition coefficient (Wildman–Crippen LogP) is 1.93. The highest BCUT2D eigenvalue weighted by atomic mass is 32.2. The summed E-state index contributed by atoms with van der Waals surface area (Å²) in [4.78, 5) is 28.3. The fourth-order valence-electron chi connectivity index (χ4n) is 3.66. The average Bonchev–Trinajstić information content (AvgIpc) is 2.70. The van der Waals surface area contributed by atoms with E-state index in [1.165, 1.54) is 18.7 Å². The molecule has 0 unspecified atom stereocenters. The summed E-state index contributed by atoms with van der Waals surface area (Å²) in [7, 11) is -4.61. The van der Waals surface area contributed by atoms with E-state index in [0.717, 1.165) is 24.1 Å². The number of benzene rings is 1. The quantitative estimate of drug-likeness (QED) is 0.304. The van der Waals surface area contributed by atoms with Crippen LogP contribution in [0.3, 0.4) is 0 Å². The van der Waals surface area contributed by atoms with Crippen LogP contribution in [0, 0.1) is 15.5 Å². The van der Waals surface area contributed by atoms with Gasteiger partial charge in [-0.15, -0.1) is 10.1 Å². The minimum absolute atomic E-state index is 0.0953. The molecule has 4 N–H and O–H groups in total. The maximum Gasteiger partial charge on any atom is 0.417 e. The van der Waals surface area contributed by atoms with Crippen LogP contribution in [0.4, 0.5) is 18.9 Å². The van der Waals surface area contributed by atoms with Crippen LogP contribution in [0.1, 0.15) is 32.3 Å². The fourth-order valence-corrected chi connectivity index (χ4v) is 5.45. The number of carbonyl (C=O) groups is 1. The van der Waals surface area contributed by atoms with Crippen LogP contribution in [0.15, 0.2) is 21.9 Å². The van der Waals surface area contributed by atoms with Crippen LogP contribution >= 0.6 is 11.9 Å². The molecule has 1 amide bonds. The number of nitrogens with zero attached hydrogens (tertiary/aromatic N) is 2. The molecule has 1 aromatic carbocycles. The first-order valence-electron chi connectivity index (χ1n) is 9.61. The number of piperidine rings is 1. The number of nitrogens with two attached hydrogens (primary N) is 1. The number of halogens is 3. The number of amides is 1. The maximum absolute atomic E-state index is 13.5. The van der Waals surface area contributed by atoms with Crippen molar-refractivity contribution in [1.29, 1.82) is 0 Å². The van der Waals surface area contributed by atoms with Gasteiger partial charge in [0.25, 0.3) is 5.09 Å². The Hall–Kier alpha value is -2.30. The Labute approximate surface area is 191 Å². The van der Waals surface area contributed by atoms with Gasteiger partial charge in [0, 0.05) is 30.8 Å². The van der Waals surface area contributed by atoms with E-state index in [-0.39, 0.29) is 29.6 Å². The van der Waals surface area contributed by atoms with Crippen LogP contribution in [-0.2, 0) is 25.8 Å². The van der Waals surface area contributed by atoms with Gasteiger partial charge in [-0.25, -0.2) is 18.3 Å². The van der Waals surface area contributed by atoms with Crippen molar-refractivity contribution in [2.45, 2.75) is 48.3 Å². The zero-order valence-corrected chi connectivity index (χ0v) is 19.2. The molecule has 0 aliphatic carbocycles. The predicted molar refractivity (Wildman–Crippen MR) is 111 cm³/mol. The van der Waals surface area contributed by atoms with E-state index in [9.17, 15) is 36.5 Å². The molecule has 3 rings (SSSR count). The molecule has 0 atom stereocenters. The second-order valence-corrected chi connectivity index (χ2v) is 10.8. The normalized spacial score (nSPS) is 18.4. The number of sulfonamides is 1. The molecule has 1 fully saturated rings. The van der Waals surface area contributed by atoms with Crippen LogP contribution < -0.4 is 15.2 Å². The standard InChI is InChI=1S/C17H22F3N5O6S2/c1-15(2,9-31-25(27)28)14(26)24-5-3-16(4-6-24)22-11-7-10(17(18,19)20)13(33(21,29)30)8-12(11)32-23-16/h7-8,22-23H,3-6,9H2,1-2H3,(H2,21,29,30). The Morgan fingerprint density at radius 2 is 1.94 bits per heavy atom. The molecule has 33 heavy (non-hydrogen) atoms. The van der Waals surface area contributed by atoms with Gasteiger partial charge in [-0.2, -0.15) is 13.2 Å². The lowest BCUT2D eigenvalue weighted by atomic mass is 9.90. The van der Waals surface area contributed by atoms with Gasteiger partial charge in [-0.3, -0.25) is 4.79 Å². The summed E-state index contributed by atoms with van der Waals surface area (Å²) in [5.74, 6) is -0.347. The SMILES string of the molecule is CC(C)(CO[N+](=O)[O-])C(=O)N1CCC2(CC1)NSc1cc(S(N)(=O)=O)c(C(F)(F)F)cc1N2. The fraction of sp³-hybridized carbons (Fsp3) is 0.588. The van der Waals surface area contributed by atoms with Crippen LogP contribution in [0.5, 0.6) is 0 Å². The van der Waals surface area contributed by atoms with Crippen molar-refractivity contribution < 1.29 is 36.3 Å². The van der Waals surface area contributed by atoms with E-state index >= 15 is 0 Å². The van der Waals surface area contributed by atoms with Crippen molar-refractivity contribution in [3.8, 4) is 0 Å². The summed E-state index contributed by atoms with van der Waals surface area (Å²) in [6, 6.07) is 1.60. The minimum Gasteiger partial charge on any atom is -0.365 e. The minimum atomic E-state index is -4.94. The van der Waals surface area contributed by atoms with Gasteiger partial charge in [-0.1, -0.05) is 0 Å². The van der Waals surface area contributed by atoms with Crippen molar-refractivity contribution in [3.63, 3.8) is 0 Å². The molecule has 1 saturated heterocycles. The third-order valence-electron chi connectivity index (χ3n) is 5.44. The highest BCUT2D eigenvalue weighted by Gasteiger charge is 2.44. The molecule has 0 aromatic heterocycles. The second kappa shape index (κ2) is 8.48. The number of alkyl halides is 3. The van der Waals surface area contributed by atoms with Gasteiger partial charge in [0.15, 0.2) is 0 Å². The molecule has 16 heteroatoms. The molecular formula is C17H22F3N5O6S2. The number of carbonyl (C=O) groups excluding carboxylic acids is 1. The number of primary sulfonamides is 1. The molecule has 2 aliphatic rings. The zero-order chi connectivity index (χ0) is 24.8. The maximum atomic E-state index is 13.5. The number of rotatable bonds is 5. The molecule has 11 nitrogen and oxygen atoms in total. The molecule has 0 saturated carbocycles. The summed E-state index contributed by atoms with van der Waals surface area (Å²) in [5.41, 5.74) is -3.26. The number of anilines is 1. The highest BCUT2D eigenvalue weighted by molar-refractivity contribution is 7.97. The molecular weight excluding hydrogens is 491 g/mol. The average molecular weight is 514 g/mol. The molecule has 2 heterocycles. The first-order chi connectivity index (χ1) is 15.0. The summed E-state index contributed by atoms with van der Waals surface area (Å²) in [6.45, 7) is 3.10. The first kappa shape index (κ1) is 25.3. The van der Waals surface area contributed by atoms with Crippen molar-refractivity contribution in [2.24, 2.45) is 10.6 Å². The number of hydrogen-bond acceptors (Lipinski definition) is 9. The zero-order valence-electron chi connectivity index (χ0n) is 17.6. The topological polar surface area (TPSA) is 157 Å². The van der Waals surface area contributed by atoms with Gasteiger partial charge in [0.2, 0.25) is 15.9 Å². The lowest BCUT2D eigenvalue weighted by molar-refractivity contribution is -0.760. The van der Waals surface area contributed by atoms with E-state index in [4.69, 9.17) is 5.14 Å².